The Labute approximate surface area is 117 Å². The van der Waals surface area contributed by atoms with Gasteiger partial charge >= 0.3 is 5.82 Å². The molecule has 1 aromatic carbocycles. The number of amides is 1. The number of halogens is 1. The lowest BCUT2D eigenvalue weighted by Gasteiger charge is -2.04. The van der Waals surface area contributed by atoms with E-state index in [4.69, 9.17) is 0 Å². The van der Waals surface area contributed by atoms with Gasteiger partial charge in [0.15, 0.2) is 5.69 Å². The third-order valence-electron chi connectivity index (χ3n) is 2.41. The minimum absolute atomic E-state index is 0.143. The highest BCUT2D eigenvalue weighted by atomic mass is 79.9. The van der Waals surface area contributed by atoms with Gasteiger partial charge in [0, 0.05) is 16.2 Å². The molecule has 1 heterocycles. The van der Waals surface area contributed by atoms with Gasteiger partial charge in [-0.3, -0.25) is 4.79 Å². The topological polar surface area (TPSA) is 88.0 Å². The molecule has 0 saturated carbocycles. The number of anilines is 1. The molecule has 0 bridgehead atoms. The van der Waals surface area contributed by atoms with Gasteiger partial charge in [0.1, 0.15) is 0 Å². The Morgan fingerprint density at radius 1 is 1.37 bits per heavy atom. The fraction of sp³-hybridized carbons (Fsp3) is 0.0833. The summed E-state index contributed by atoms with van der Waals surface area (Å²) in [6, 6.07) is 8.09. The van der Waals surface area contributed by atoms with Crippen molar-refractivity contribution in [2.24, 2.45) is 0 Å². The van der Waals surface area contributed by atoms with E-state index in [0.29, 0.717) is 5.69 Å². The van der Waals surface area contributed by atoms with E-state index in [1.54, 1.807) is 12.1 Å². The van der Waals surface area contributed by atoms with Crippen molar-refractivity contribution in [3.8, 4) is 0 Å². The summed E-state index contributed by atoms with van der Waals surface area (Å²) in [7, 11) is 0. The monoisotopic (exact) mass is 323 g/mol. The van der Waals surface area contributed by atoms with Crippen molar-refractivity contribution in [3.05, 3.63) is 56.2 Å². The number of hydrogen-bond acceptors (Lipinski definition) is 3. The summed E-state index contributed by atoms with van der Waals surface area (Å²) in [5.41, 5.74) is 1.75. The van der Waals surface area contributed by atoms with E-state index in [-0.39, 0.29) is 11.5 Å². The summed E-state index contributed by atoms with van der Waals surface area (Å²) >= 11 is 3.33. The number of aryl methyl sites for hydroxylation is 1. The van der Waals surface area contributed by atoms with Crippen LogP contribution in [0.3, 0.4) is 0 Å². The molecule has 0 aliphatic carbocycles. The van der Waals surface area contributed by atoms with Crippen LogP contribution in [0.2, 0.25) is 0 Å². The second kappa shape index (κ2) is 5.23. The number of carbonyl (C=O) groups excluding carboxylic acids is 1. The molecule has 2 N–H and O–H groups in total. The molecule has 6 nitrogen and oxygen atoms in total. The Hall–Kier alpha value is -2.15. The molecular formula is C12H10BrN3O3. The van der Waals surface area contributed by atoms with Crippen LogP contribution in [0, 0.1) is 17.0 Å². The van der Waals surface area contributed by atoms with Gasteiger partial charge in [0.2, 0.25) is 0 Å². The first-order valence-electron chi connectivity index (χ1n) is 5.37. The van der Waals surface area contributed by atoms with E-state index in [2.05, 4.69) is 26.2 Å². The maximum atomic E-state index is 11.9. The molecule has 1 amide bonds. The number of benzene rings is 1. The molecule has 0 aliphatic rings. The van der Waals surface area contributed by atoms with Crippen LogP contribution in [-0.4, -0.2) is 15.8 Å². The van der Waals surface area contributed by atoms with Gasteiger partial charge in [-0.05, 0) is 41.7 Å². The van der Waals surface area contributed by atoms with Crippen LogP contribution < -0.4 is 5.32 Å². The van der Waals surface area contributed by atoms with Gasteiger partial charge in [-0.1, -0.05) is 15.9 Å². The summed E-state index contributed by atoms with van der Waals surface area (Å²) in [6.07, 6.45) is 0. The molecule has 2 aromatic rings. The number of nitrogens with zero attached hydrogens (tertiary/aromatic N) is 1. The molecule has 0 radical (unpaired) electrons. The van der Waals surface area contributed by atoms with Gasteiger partial charge < -0.3 is 15.4 Å². The lowest BCUT2D eigenvalue weighted by Crippen LogP contribution is -2.12. The maximum absolute atomic E-state index is 11.9. The Morgan fingerprint density at radius 2 is 2.11 bits per heavy atom. The van der Waals surface area contributed by atoms with Crippen molar-refractivity contribution in [2.75, 3.05) is 5.32 Å². The number of rotatable bonds is 3. The molecule has 2 rings (SSSR count). The Bertz CT molecular complexity index is 631. The van der Waals surface area contributed by atoms with Crippen LogP contribution in [0.15, 0.2) is 34.8 Å². The second-order valence-electron chi connectivity index (χ2n) is 3.99. The minimum atomic E-state index is -0.583. The zero-order valence-electron chi connectivity index (χ0n) is 9.94. The quantitative estimate of drug-likeness (QED) is 0.671. The van der Waals surface area contributed by atoms with Gasteiger partial charge in [0.25, 0.3) is 5.91 Å². The van der Waals surface area contributed by atoms with Gasteiger partial charge in [0.05, 0.1) is 0 Å². The first-order chi connectivity index (χ1) is 8.95. The van der Waals surface area contributed by atoms with Crippen molar-refractivity contribution in [1.29, 1.82) is 0 Å². The smallest absolute Gasteiger partial charge is 0.321 e. The zero-order valence-corrected chi connectivity index (χ0v) is 11.5. The molecule has 0 atom stereocenters. The van der Waals surface area contributed by atoms with Crippen LogP contribution in [0.5, 0.6) is 0 Å². The number of hydrogen-bond donors (Lipinski definition) is 2. The number of aromatic amines is 1. The highest BCUT2D eigenvalue weighted by Gasteiger charge is 2.15. The molecule has 19 heavy (non-hydrogen) atoms. The van der Waals surface area contributed by atoms with Gasteiger partial charge in [-0.15, -0.1) is 0 Å². The molecule has 0 fully saturated rings. The van der Waals surface area contributed by atoms with E-state index in [9.17, 15) is 14.9 Å². The van der Waals surface area contributed by atoms with Crippen LogP contribution in [0.1, 0.15) is 16.1 Å². The van der Waals surface area contributed by atoms with Crippen LogP contribution in [-0.2, 0) is 0 Å². The largest absolute Gasteiger partial charge is 0.358 e. The van der Waals surface area contributed by atoms with Crippen LogP contribution in [0.4, 0.5) is 11.5 Å². The summed E-state index contributed by atoms with van der Waals surface area (Å²) in [5.74, 6) is -0.638. The number of aromatic nitrogens is 1. The SMILES string of the molecule is Cc1cc(Br)cc(NC(=O)c2ccc([N+](=O)[O-])[nH]2)c1. The molecule has 0 spiro atoms. The molecule has 1 aromatic heterocycles. The first-order valence-corrected chi connectivity index (χ1v) is 6.17. The Balaban J connectivity index is 2.18. The molecule has 98 valence electrons. The van der Waals surface area contributed by atoms with Crippen molar-refractivity contribution in [2.45, 2.75) is 6.92 Å². The van der Waals surface area contributed by atoms with E-state index >= 15 is 0 Å². The predicted octanol–water partition coefficient (Wildman–Crippen LogP) is 3.25. The van der Waals surface area contributed by atoms with Crippen molar-refractivity contribution < 1.29 is 9.72 Å². The fourth-order valence-electron chi connectivity index (χ4n) is 1.63. The molecule has 0 unspecified atom stereocenters. The third kappa shape index (κ3) is 3.19. The highest BCUT2D eigenvalue weighted by molar-refractivity contribution is 9.10. The highest BCUT2D eigenvalue weighted by Crippen LogP contribution is 2.20. The third-order valence-corrected chi connectivity index (χ3v) is 2.87. The number of carbonyl (C=O) groups is 1. The zero-order chi connectivity index (χ0) is 14.0. The van der Waals surface area contributed by atoms with E-state index in [1.165, 1.54) is 12.1 Å². The molecular weight excluding hydrogens is 314 g/mol. The molecule has 0 aliphatic heterocycles. The van der Waals surface area contributed by atoms with Crippen LogP contribution >= 0.6 is 15.9 Å². The number of H-pyrrole nitrogens is 1. The number of nitro groups is 1. The molecule has 0 saturated heterocycles. The standard InChI is InChI=1S/C12H10BrN3O3/c1-7-4-8(13)6-9(5-7)14-12(17)10-2-3-11(15-10)16(18)19/h2-6,15H,1H3,(H,14,17). The lowest BCUT2D eigenvalue weighted by molar-refractivity contribution is -0.389. The van der Waals surface area contributed by atoms with Crippen molar-refractivity contribution in [1.82, 2.24) is 4.98 Å². The average molecular weight is 324 g/mol. The fourth-order valence-corrected chi connectivity index (χ4v) is 2.24. The average Bonchev–Trinajstić information content (AvgIpc) is 2.76. The lowest BCUT2D eigenvalue weighted by atomic mass is 10.2. The Morgan fingerprint density at radius 3 is 2.68 bits per heavy atom. The summed E-state index contributed by atoms with van der Waals surface area (Å²) in [5, 5.41) is 13.2. The normalized spacial score (nSPS) is 10.2. The van der Waals surface area contributed by atoms with E-state index in [1.807, 2.05) is 13.0 Å². The minimum Gasteiger partial charge on any atom is -0.358 e. The van der Waals surface area contributed by atoms with E-state index < -0.39 is 10.8 Å². The van der Waals surface area contributed by atoms with Crippen molar-refractivity contribution in [3.63, 3.8) is 0 Å². The summed E-state index contributed by atoms with van der Waals surface area (Å²) in [6.45, 7) is 1.90. The first kappa shape index (κ1) is 13.3. The maximum Gasteiger partial charge on any atom is 0.321 e. The predicted molar refractivity (Wildman–Crippen MR) is 74.3 cm³/mol. The van der Waals surface area contributed by atoms with Crippen molar-refractivity contribution >= 4 is 33.3 Å². The summed E-state index contributed by atoms with van der Waals surface area (Å²) < 4.78 is 0.847. The van der Waals surface area contributed by atoms with Gasteiger partial charge in [-0.25, -0.2) is 4.98 Å². The van der Waals surface area contributed by atoms with E-state index in [0.717, 1.165) is 10.0 Å². The second-order valence-corrected chi connectivity index (χ2v) is 4.90. The number of nitrogens with one attached hydrogen (secondary N) is 2. The van der Waals surface area contributed by atoms with Crippen LogP contribution in [0.25, 0.3) is 0 Å². The molecule has 7 heteroatoms. The Kier molecular flexibility index (Phi) is 3.66. The van der Waals surface area contributed by atoms with Gasteiger partial charge in [-0.2, -0.15) is 0 Å². The summed E-state index contributed by atoms with van der Waals surface area (Å²) in [4.78, 5) is 24.3.